The van der Waals surface area contributed by atoms with Crippen molar-refractivity contribution in [2.45, 2.75) is 0 Å². The molecule has 2 rings (SSSR count). The number of phenolic OH excluding ortho intramolecular Hbond substituents is 1. The molecule has 0 atom stereocenters. The van der Waals surface area contributed by atoms with E-state index in [1.807, 2.05) is 0 Å². The fraction of sp³-hybridized carbons (Fsp3) is 0. The molecule has 8 heteroatoms. The van der Waals surface area contributed by atoms with Gasteiger partial charge in [-0.25, -0.2) is 9.59 Å². The van der Waals surface area contributed by atoms with E-state index < -0.39 is 34.8 Å². The zero-order valence-electron chi connectivity index (χ0n) is 11.0. The van der Waals surface area contributed by atoms with E-state index in [0.717, 1.165) is 12.1 Å². The maximum Gasteiger partial charge on any atom is 0.343 e. The lowest BCUT2D eigenvalue weighted by Crippen LogP contribution is -1.96. The second kappa shape index (κ2) is 6.84. The first-order valence-electron chi connectivity index (χ1n) is 5.73. The third-order valence-electron chi connectivity index (χ3n) is 2.43. The van der Waals surface area contributed by atoms with Gasteiger partial charge in [0, 0.05) is 12.1 Å². The van der Waals surface area contributed by atoms with Gasteiger partial charge in [0.1, 0.15) is 34.1 Å². The molecule has 116 valence electrons. The van der Waals surface area contributed by atoms with Crippen molar-refractivity contribution in [1.29, 1.82) is 0 Å². The van der Waals surface area contributed by atoms with Crippen molar-refractivity contribution in [3.63, 3.8) is 0 Å². The van der Waals surface area contributed by atoms with Gasteiger partial charge in [0.25, 0.3) is 0 Å². The SMILES string of the molecule is O=C(O)c1c(O)cc(O)cc1O.O=C(O)c1ccccc1O. The lowest BCUT2D eigenvalue weighted by atomic mass is 10.1. The molecule has 0 aromatic heterocycles. The van der Waals surface area contributed by atoms with E-state index >= 15 is 0 Å². The van der Waals surface area contributed by atoms with Crippen molar-refractivity contribution >= 4 is 11.9 Å². The molecule has 0 aliphatic heterocycles. The predicted octanol–water partition coefficient (Wildman–Crippen LogP) is 1.59. The molecule has 0 heterocycles. The van der Waals surface area contributed by atoms with E-state index in [1.54, 1.807) is 12.1 Å². The average molecular weight is 308 g/mol. The van der Waals surface area contributed by atoms with Crippen LogP contribution in [0.1, 0.15) is 20.7 Å². The van der Waals surface area contributed by atoms with Gasteiger partial charge in [-0.15, -0.1) is 0 Å². The van der Waals surface area contributed by atoms with Crippen LogP contribution < -0.4 is 0 Å². The summed E-state index contributed by atoms with van der Waals surface area (Å²) in [5.41, 5.74) is -0.685. The summed E-state index contributed by atoms with van der Waals surface area (Å²) >= 11 is 0. The first-order valence-corrected chi connectivity index (χ1v) is 5.73. The van der Waals surface area contributed by atoms with Crippen molar-refractivity contribution in [3.05, 3.63) is 47.5 Å². The summed E-state index contributed by atoms with van der Waals surface area (Å²) in [5, 5.41) is 52.4. The van der Waals surface area contributed by atoms with E-state index in [0.29, 0.717) is 0 Å². The summed E-state index contributed by atoms with van der Waals surface area (Å²) in [7, 11) is 0. The monoisotopic (exact) mass is 308 g/mol. The molecule has 0 saturated heterocycles. The minimum atomic E-state index is -1.45. The number of hydrogen-bond donors (Lipinski definition) is 6. The molecule has 0 bridgehead atoms. The average Bonchev–Trinajstić information content (AvgIpc) is 2.37. The highest BCUT2D eigenvalue weighted by Crippen LogP contribution is 2.31. The zero-order valence-corrected chi connectivity index (χ0v) is 11.0. The molecule has 2 aromatic rings. The molecule has 6 N–H and O–H groups in total. The Morgan fingerprint density at radius 1 is 0.727 bits per heavy atom. The van der Waals surface area contributed by atoms with Gasteiger partial charge in [-0.3, -0.25) is 0 Å². The third kappa shape index (κ3) is 4.04. The Morgan fingerprint density at radius 3 is 1.59 bits per heavy atom. The number of carbonyl (C=O) groups is 2. The van der Waals surface area contributed by atoms with Crippen molar-refractivity contribution in [1.82, 2.24) is 0 Å². The van der Waals surface area contributed by atoms with Gasteiger partial charge in [-0.1, -0.05) is 12.1 Å². The Balaban J connectivity index is 0.000000224. The number of para-hydroxylation sites is 1. The highest BCUT2D eigenvalue weighted by Gasteiger charge is 2.15. The smallest absolute Gasteiger partial charge is 0.343 e. The molecule has 0 spiro atoms. The lowest BCUT2D eigenvalue weighted by molar-refractivity contribution is 0.0680. The minimum Gasteiger partial charge on any atom is -0.508 e. The van der Waals surface area contributed by atoms with Crippen molar-refractivity contribution in [3.8, 4) is 23.0 Å². The van der Waals surface area contributed by atoms with Gasteiger partial charge in [0.2, 0.25) is 0 Å². The molecular formula is C14H12O8. The lowest BCUT2D eigenvalue weighted by Gasteiger charge is -2.02. The van der Waals surface area contributed by atoms with Crippen LogP contribution in [0.2, 0.25) is 0 Å². The molecule has 8 nitrogen and oxygen atoms in total. The summed E-state index contributed by atoms with van der Waals surface area (Å²) in [6.07, 6.45) is 0. The number of benzene rings is 2. The van der Waals surface area contributed by atoms with Crippen LogP contribution in [0.4, 0.5) is 0 Å². The van der Waals surface area contributed by atoms with E-state index in [-0.39, 0.29) is 11.3 Å². The van der Waals surface area contributed by atoms with Crippen LogP contribution in [0.25, 0.3) is 0 Å². The van der Waals surface area contributed by atoms with Crippen molar-refractivity contribution in [2.24, 2.45) is 0 Å². The molecule has 0 saturated carbocycles. The maximum absolute atomic E-state index is 10.4. The Hall–Kier alpha value is -3.42. The first kappa shape index (κ1) is 16.6. The first-order chi connectivity index (χ1) is 10.2. The molecule has 0 unspecified atom stereocenters. The Morgan fingerprint density at radius 2 is 1.23 bits per heavy atom. The number of aromatic carboxylic acids is 2. The molecule has 0 aliphatic carbocycles. The highest BCUT2D eigenvalue weighted by atomic mass is 16.4. The Bertz CT molecular complexity index is 685. The fourth-order valence-corrected chi connectivity index (χ4v) is 1.47. The van der Waals surface area contributed by atoms with Crippen LogP contribution in [0.3, 0.4) is 0 Å². The Labute approximate surface area is 123 Å². The third-order valence-corrected chi connectivity index (χ3v) is 2.43. The van der Waals surface area contributed by atoms with Gasteiger partial charge in [0.05, 0.1) is 0 Å². The normalized spacial score (nSPS) is 9.45. The summed E-state index contributed by atoms with van der Waals surface area (Å²) in [6.45, 7) is 0. The summed E-state index contributed by atoms with van der Waals surface area (Å²) in [5.74, 6) is -4.49. The molecule has 0 fully saturated rings. The van der Waals surface area contributed by atoms with E-state index in [2.05, 4.69) is 0 Å². The minimum absolute atomic E-state index is 0.0671. The van der Waals surface area contributed by atoms with Crippen LogP contribution in [0, 0.1) is 0 Å². The molecule has 2 aromatic carbocycles. The number of rotatable bonds is 2. The zero-order chi connectivity index (χ0) is 16.9. The summed E-state index contributed by atoms with van der Waals surface area (Å²) < 4.78 is 0. The number of carboxylic acids is 2. The standard InChI is InChI=1S/C7H6O5.C7H6O3/c8-3-1-4(9)6(7(11)12)5(10)2-3;8-6-4-2-1-3-5(6)7(9)10/h1-2,8-10H,(H,11,12);1-4,8H,(H,9,10). The quantitative estimate of drug-likeness (QED) is 0.488. The van der Waals surface area contributed by atoms with Crippen molar-refractivity contribution < 1.29 is 40.2 Å². The van der Waals surface area contributed by atoms with Crippen LogP contribution >= 0.6 is 0 Å². The summed E-state index contributed by atoms with van der Waals surface area (Å²) in [4.78, 5) is 20.6. The number of aromatic hydroxyl groups is 4. The van der Waals surface area contributed by atoms with Crippen LogP contribution in [0.15, 0.2) is 36.4 Å². The topological polar surface area (TPSA) is 156 Å². The van der Waals surface area contributed by atoms with Gasteiger partial charge in [0.15, 0.2) is 0 Å². The second-order valence-corrected chi connectivity index (χ2v) is 3.99. The molecule has 0 aliphatic rings. The van der Waals surface area contributed by atoms with E-state index in [4.69, 9.17) is 30.6 Å². The van der Waals surface area contributed by atoms with Crippen LogP contribution in [0.5, 0.6) is 23.0 Å². The molecular weight excluding hydrogens is 296 g/mol. The molecule has 0 amide bonds. The number of phenols is 4. The molecule has 0 radical (unpaired) electrons. The predicted molar refractivity (Wildman–Crippen MR) is 73.5 cm³/mol. The van der Waals surface area contributed by atoms with Gasteiger partial charge >= 0.3 is 11.9 Å². The van der Waals surface area contributed by atoms with E-state index in [1.165, 1.54) is 12.1 Å². The maximum atomic E-state index is 10.4. The number of hydrogen-bond acceptors (Lipinski definition) is 6. The van der Waals surface area contributed by atoms with E-state index in [9.17, 15) is 9.59 Å². The van der Waals surface area contributed by atoms with Crippen LogP contribution in [-0.2, 0) is 0 Å². The van der Waals surface area contributed by atoms with Gasteiger partial charge in [-0.05, 0) is 12.1 Å². The van der Waals surface area contributed by atoms with Gasteiger partial charge in [-0.2, -0.15) is 0 Å². The fourth-order valence-electron chi connectivity index (χ4n) is 1.47. The van der Waals surface area contributed by atoms with Gasteiger partial charge < -0.3 is 30.6 Å². The molecule has 22 heavy (non-hydrogen) atoms. The van der Waals surface area contributed by atoms with Crippen molar-refractivity contribution in [2.75, 3.05) is 0 Å². The Kier molecular flexibility index (Phi) is 5.17. The second-order valence-electron chi connectivity index (χ2n) is 3.99. The summed E-state index contributed by atoms with van der Waals surface area (Å²) in [6, 6.07) is 7.48. The largest absolute Gasteiger partial charge is 0.508 e. The van der Waals surface area contributed by atoms with Crippen LogP contribution in [-0.4, -0.2) is 42.6 Å². The number of carboxylic acid groups (broad SMARTS) is 2. The highest BCUT2D eigenvalue weighted by molar-refractivity contribution is 5.94.